The summed E-state index contributed by atoms with van der Waals surface area (Å²) in [6.07, 6.45) is 3.83. The standard InChI is InChI=1S/C27H36FN5O2/c1-18-12-19(2)15-31(14-18)11-5-10-29-25(34)17-33-27(35)26-21(4)32(20(3)24(26)13-30-33)16-22-6-8-23(28)9-7-22/h6-9,13,18-19H,5,10-12,14-17H2,1-4H3,(H,29,34). The first kappa shape index (κ1) is 25.1. The maximum atomic E-state index is 13.3. The number of hydrogen-bond acceptors (Lipinski definition) is 4. The molecule has 3 aromatic rings. The van der Waals surface area contributed by atoms with E-state index in [1.165, 1.54) is 23.2 Å². The van der Waals surface area contributed by atoms with Crippen LogP contribution in [-0.2, 0) is 17.9 Å². The minimum atomic E-state index is -0.277. The van der Waals surface area contributed by atoms with Gasteiger partial charge in [-0.2, -0.15) is 5.10 Å². The van der Waals surface area contributed by atoms with E-state index in [0.29, 0.717) is 18.5 Å². The number of carbonyl (C=O) groups excluding carboxylic acids is 1. The van der Waals surface area contributed by atoms with Gasteiger partial charge in [-0.15, -0.1) is 0 Å². The lowest BCUT2D eigenvalue weighted by Crippen LogP contribution is -2.40. The van der Waals surface area contributed by atoms with Crippen molar-refractivity contribution < 1.29 is 9.18 Å². The number of nitrogens with one attached hydrogen (secondary N) is 1. The first-order valence-electron chi connectivity index (χ1n) is 12.5. The van der Waals surface area contributed by atoms with E-state index in [4.69, 9.17) is 0 Å². The van der Waals surface area contributed by atoms with Gasteiger partial charge in [-0.3, -0.25) is 9.59 Å². The summed E-state index contributed by atoms with van der Waals surface area (Å²) >= 11 is 0. The van der Waals surface area contributed by atoms with Gasteiger partial charge in [0.05, 0.1) is 11.6 Å². The molecular formula is C27H36FN5O2. The number of nitrogens with zero attached hydrogens (tertiary/aromatic N) is 4. The van der Waals surface area contributed by atoms with E-state index in [9.17, 15) is 14.0 Å². The molecule has 1 saturated heterocycles. The van der Waals surface area contributed by atoms with Gasteiger partial charge in [0.25, 0.3) is 5.56 Å². The number of aromatic nitrogens is 3. The first-order valence-corrected chi connectivity index (χ1v) is 12.5. The fourth-order valence-corrected chi connectivity index (χ4v) is 5.46. The predicted octanol–water partition coefficient (Wildman–Crippen LogP) is 3.49. The number of halogens is 1. The molecule has 2 aromatic heterocycles. The van der Waals surface area contributed by atoms with Crippen LogP contribution in [0.15, 0.2) is 35.3 Å². The van der Waals surface area contributed by atoms with Gasteiger partial charge in [0.15, 0.2) is 0 Å². The number of carbonyl (C=O) groups is 1. The van der Waals surface area contributed by atoms with Crippen molar-refractivity contribution in [2.75, 3.05) is 26.2 Å². The monoisotopic (exact) mass is 481 g/mol. The van der Waals surface area contributed by atoms with Crippen LogP contribution in [0.25, 0.3) is 10.8 Å². The van der Waals surface area contributed by atoms with Crippen LogP contribution >= 0.6 is 0 Å². The number of likely N-dealkylation sites (tertiary alicyclic amines) is 1. The molecule has 0 bridgehead atoms. The molecule has 35 heavy (non-hydrogen) atoms. The molecule has 2 unspecified atom stereocenters. The SMILES string of the molecule is Cc1c2cnn(CC(=O)NCCCN3CC(C)CC(C)C3)c(=O)c2c(C)n1Cc1ccc(F)cc1. The van der Waals surface area contributed by atoms with Gasteiger partial charge in [-0.05, 0) is 62.8 Å². The Morgan fingerprint density at radius 2 is 1.80 bits per heavy atom. The van der Waals surface area contributed by atoms with E-state index in [2.05, 4.69) is 29.2 Å². The van der Waals surface area contributed by atoms with Crippen LogP contribution in [0.5, 0.6) is 0 Å². The van der Waals surface area contributed by atoms with Gasteiger partial charge in [-0.25, -0.2) is 9.07 Å². The highest BCUT2D eigenvalue weighted by Gasteiger charge is 2.21. The van der Waals surface area contributed by atoms with Crippen molar-refractivity contribution >= 4 is 16.7 Å². The summed E-state index contributed by atoms with van der Waals surface area (Å²) < 4.78 is 16.5. The van der Waals surface area contributed by atoms with Crippen molar-refractivity contribution in [3.05, 3.63) is 63.6 Å². The molecule has 1 aromatic carbocycles. The molecule has 1 aliphatic rings. The van der Waals surface area contributed by atoms with E-state index >= 15 is 0 Å². The minimum Gasteiger partial charge on any atom is -0.354 e. The highest BCUT2D eigenvalue weighted by molar-refractivity contribution is 5.87. The molecule has 1 fully saturated rings. The molecule has 0 spiro atoms. The normalized spacial score (nSPS) is 18.8. The summed E-state index contributed by atoms with van der Waals surface area (Å²) in [6.45, 7) is 12.7. The predicted molar refractivity (Wildman–Crippen MR) is 136 cm³/mol. The van der Waals surface area contributed by atoms with Crippen LogP contribution < -0.4 is 10.9 Å². The fraction of sp³-hybridized carbons (Fsp3) is 0.519. The average molecular weight is 482 g/mol. The Labute approximate surface area is 205 Å². The third-order valence-corrected chi connectivity index (χ3v) is 7.07. The van der Waals surface area contributed by atoms with Gasteiger partial charge in [0.2, 0.25) is 5.91 Å². The topological polar surface area (TPSA) is 72.2 Å². The van der Waals surface area contributed by atoms with Crippen LogP contribution in [0.3, 0.4) is 0 Å². The van der Waals surface area contributed by atoms with Crippen LogP contribution in [0.2, 0.25) is 0 Å². The zero-order valence-corrected chi connectivity index (χ0v) is 21.2. The zero-order valence-electron chi connectivity index (χ0n) is 21.2. The van der Waals surface area contributed by atoms with Crippen molar-refractivity contribution in [3.63, 3.8) is 0 Å². The fourth-order valence-electron chi connectivity index (χ4n) is 5.46. The lowest BCUT2D eigenvalue weighted by atomic mass is 9.92. The van der Waals surface area contributed by atoms with E-state index in [1.54, 1.807) is 18.3 Å². The summed E-state index contributed by atoms with van der Waals surface area (Å²) in [5.41, 5.74) is 2.41. The number of piperidine rings is 1. The number of amides is 1. The smallest absolute Gasteiger partial charge is 0.276 e. The Bertz CT molecular complexity index is 1240. The van der Waals surface area contributed by atoms with Crippen LogP contribution in [0, 0.1) is 31.5 Å². The maximum absolute atomic E-state index is 13.3. The van der Waals surface area contributed by atoms with E-state index in [1.807, 2.05) is 18.4 Å². The largest absolute Gasteiger partial charge is 0.354 e. The second-order valence-electron chi connectivity index (χ2n) is 10.2. The summed E-state index contributed by atoms with van der Waals surface area (Å²) in [5.74, 6) is 0.957. The molecular weight excluding hydrogens is 445 g/mol. The van der Waals surface area contributed by atoms with Crippen molar-refractivity contribution in [3.8, 4) is 0 Å². The van der Waals surface area contributed by atoms with Crippen molar-refractivity contribution in [1.82, 2.24) is 24.6 Å². The number of benzene rings is 1. The third-order valence-electron chi connectivity index (χ3n) is 7.07. The Balaban J connectivity index is 1.39. The van der Waals surface area contributed by atoms with Gasteiger partial charge in [-0.1, -0.05) is 26.0 Å². The van der Waals surface area contributed by atoms with E-state index in [-0.39, 0.29) is 23.8 Å². The summed E-state index contributed by atoms with van der Waals surface area (Å²) in [5, 5.41) is 8.55. The molecule has 0 aliphatic carbocycles. The van der Waals surface area contributed by atoms with Crippen LogP contribution in [-0.4, -0.2) is 51.3 Å². The van der Waals surface area contributed by atoms with Gasteiger partial charge in [0, 0.05) is 43.0 Å². The molecule has 188 valence electrons. The summed E-state index contributed by atoms with van der Waals surface area (Å²) in [4.78, 5) is 28.2. The highest BCUT2D eigenvalue weighted by Crippen LogP contribution is 2.23. The van der Waals surface area contributed by atoms with Crippen molar-refractivity contribution in [2.24, 2.45) is 11.8 Å². The van der Waals surface area contributed by atoms with Crippen molar-refractivity contribution in [1.29, 1.82) is 0 Å². The molecule has 1 amide bonds. The van der Waals surface area contributed by atoms with Gasteiger partial charge < -0.3 is 14.8 Å². The molecule has 2 atom stereocenters. The van der Waals surface area contributed by atoms with Crippen LogP contribution in [0.4, 0.5) is 4.39 Å². The highest BCUT2D eigenvalue weighted by atomic mass is 19.1. The second kappa shape index (κ2) is 10.7. The van der Waals surface area contributed by atoms with Crippen molar-refractivity contribution in [2.45, 2.75) is 53.6 Å². The maximum Gasteiger partial charge on any atom is 0.276 e. The number of hydrogen-bond donors (Lipinski definition) is 1. The number of aryl methyl sites for hydroxylation is 2. The molecule has 7 nitrogen and oxygen atoms in total. The zero-order chi connectivity index (χ0) is 25.1. The molecule has 0 radical (unpaired) electrons. The molecule has 1 aliphatic heterocycles. The minimum absolute atomic E-state index is 0.103. The quantitative estimate of drug-likeness (QED) is 0.500. The Hall–Kier alpha value is -3.00. The van der Waals surface area contributed by atoms with Gasteiger partial charge in [0.1, 0.15) is 12.4 Å². The van der Waals surface area contributed by atoms with E-state index in [0.717, 1.165) is 60.2 Å². The average Bonchev–Trinajstić information content (AvgIpc) is 3.04. The Morgan fingerprint density at radius 3 is 2.49 bits per heavy atom. The number of rotatable bonds is 8. The second-order valence-corrected chi connectivity index (χ2v) is 10.2. The lowest BCUT2D eigenvalue weighted by Gasteiger charge is -2.34. The lowest BCUT2D eigenvalue weighted by molar-refractivity contribution is -0.121. The Kier molecular flexibility index (Phi) is 7.69. The van der Waals surface area contributed by atoms with E-state index < -0.39 is 0 Å². The molecule has 0 saturated carbocycles. The molecule has 4 rings (SSSR count). The summed E-state index contributed by atoms with van der Waals surface area (Å²) in [6, 6.07) is 6.35. The third kappa shape index (κ3) is 5.81. The molecule has 3 heterocycles. The molecule has 1 N–H and O–H groups in total. The first-order chi connectivity index (χ1) is 16.7. The number of fused-ring (bicyclic) bond motifs is 1. The van der Waals surface area contributed by atoms with Gasteiger partial charge >= 0.3 is 0 Å². The Morgan fingerprint density at radius 1 is 1.11 bits per heavy atom. The van der Waals surface area contributed by atoms with Crippen LogP contribution in [0.1, 0.15) is 43.6 Å². The molecule has 8 heteroatoms. The summed E-state index contributed by atoms with van der Waals surface area (Å²) in [7, 11) is 0.